The van der Waals surface area contributed by atoms with Gasteiger partial charge in [-0.1, -0.05) is 147 Å². The van der Waals surface area contributed by atoms with Crippen LogP contribution in [0, 0.1) is 0 Å². The molecule has 7 aromatic carbocycles. The second kappa shape index (κ2) is 11.3. The Labute approximate surface area is 297 Å². The fourth-order valence-corrected chi connectivity index (χ4v) is 8.21. The maximum Gasteiger partial charge on any atom is 0.161 e. The molecule has 1 aliphatic carbocycles. The highest BCUT2D eigenvalue weighted by atomic mass is 14.9. The highest BCUT2D eigenvalue weighted by Crippen LogP contribution is 2.52. The molecule has 0 aliphatic heterocycles. The van der Waals surface area contributed by atoms with Gasteiger partial charge in [-0.05, 0) is 79.2 Å². The average Bonchev–Trinajstić information content (AvgIpc) is 3.43. The van der Waals surface area contributed by atoms with E-state index in [1.165, 1.54) is 49.5 Å². The molecule has 2 aromatic heterocycles. The number of benzene rings is 7. The fraction of sp³-hybridized carbons (Fsp3) is 0.0625. The van der Waals surface area contributed by atoms with Crippen molar-refractivity contribution in [1.82, 2.24) is 15.0 Å². The Kier molecular flexibility index (Phi) is 6.53. The molecule has 240 valence electrons. The molecular weight excluding hydrogens is 619 g/mol. The van der Waals surface area contributed by atoms with Crippen molar-refractivity contribution in [2.75, 3.05) is 0 Å². The monoisotopic (exact) mass is 651 g/mol. The normalized spacial score (nSPS) is 13.1. The maximum absolute atomic E-state index is 5.27. The first-order chi connectivity index (χ1) is 25.0. The standard InChI is InChI=1S/C48H33N3/c1-48(2)41-25-22-33(28-40(41)45-35-17-7-6-12-30(35)21-26-42(45)48)34-23-24-38(37-19-9-8-18-36(34)37)47-50-43(31-13-4-3-5-14-31)29-44(51-47)39-20-10-15-32-16-11-27-49-46(32)39/h3-29H,1-2H3. The topological polar surface area (TPSA) is 38.7 Å². The summed E-state index contributed by atoms with van der Waals surface area (Å²) in [5, 5.41) is 5.96. The van der Waals surface area contributed by atoms with Crippen LogP contribution in [0.2, 0.25) is 0 Å². The molecule has 10 rings (SSSR count). The fourth-order valence-electron chi connectivity index (χ4n) is 8.21. The Hall–Kier alpha value is -6.45. The molecule has 0 saturated carbocycles. The molecule has 0 N–H and O–H groups in total. The number of para-hydroxylation sites is 1. The smallest absolute Gasteiger partial charge is 0.161 e. The van der Waals surface area contributed by atoms with E-state index in [0.717, 1.165) is 44.4 Å². The van der Waals surface area contributed by atoms with Gasteiger partial charge in [-0.25, -0.2) is 9.97 Å². The van der Waals surface area contributed by atoms with Gasteiger partial charge in [0.1, 0.15) is 0 Å². The van der Waals surface area contributed by atoms with Gasteiger partial charge in [-0.3, -0.25) is 4.98 Å². The molecule has 2 heterocycles. The molecule has 3 heteroatoms. The molecular formula is C48H33N3. The number of pyridine rings is 1. The Bertz CT molecular complexity index is 2830. The van der Waals surface area contributed by atoms with Gasteiger partial charge < -0.3 is 0 Å². The highest BCUT2D eigenvalue weighted by molar-refractivity contribution is 6.07. The minimum atomic E-state index is -0.0719. The molecule has 3 nitrogen and oxygen atoms in total. The van der Waals surface area contributed by atoms with Crippen molar-refractivity contribution >= 4 is 32.4 Å². The van der Waals surface area contributed by atoms with Crippen LogP contribution in [0.25, 0.3) is 88.6 Å². The average molecular weight is 652 g/mol. The molecule has 0 radical (unpaired) electrons. The zero-order valence-corrected chi connectivity index (χ0v) is 28.4. The summed E-state index contributed by atoms with van der Waals surface area (Å²) in [6.45, 7) is 4.70. The Morgan fingerprint density at radius 1 is 0.431 bits per heavy atom. The Morgan fingerprint density at radius 2 is 1.12 bits per heavy atom. The van der Waals surface area contributed by atoms with Crippen LogP contribution in [0.4, 0.5) is 0 Å². The lowest BCUT2D eigenvalue weighted by molar-refractivity contribution is 0.661. The van der Waals surface area contributed by atoms with E-state index < -0.39 is 0 Å². The van der Waals surface area contributed by atoms with Gasteiger partial charge in [0.25, 0.3) is 0 Å². The first-order valence-electron chi connectivity index (χ1n) is 17.5. The van der Waals surface area contributed by atoms with Crippen molar-refractivity contribution in [3.05, 3.63) is 175 Å². The van der Waals surface area contributed by atoms with E-state index in [1.807, 2.05) is 18.3 Å². The van der Waals surface area contributed by atoms with Crippen molar-refractivity contribution in [2.24, 2.45) is 0 Å². The first kappa shape index (κ1) is 29.5. The highest BCUT2D eigenvalue weighted by Gasteiger charge is 2.36. The summed E-state index contributed by atoms with van der Waals surface area (Å²) < 4.78 is 0. The quantitative estimate of drug-likeness (QED) is 0.190. The zero-order chi connectivity index (χ0) is 34.1. The van der Waals surface area contributed by atoms with Gasteiger partial charge in [-0.15, -0.1) is 0 Å². The summed E-state index contributed by atoms with van der Waals surface area (Å²) in [5.74, 6) is 0.693. The van der Waals surface area contributed by atoms with Crippen molar-refractivity contribution in [2.45, 2.75) is 19.3 Å². The third kappa shape index (κ3) is 4.62. The zero-order valence-electron chi connectivity index (χ0n) is 28.4. The van der Waals surface area contributed by atoms with Crippen LogP contribution in [0.3, 0.4) is 0 Å². The molecule has 51 heavy (non-hydrogen) atoms. The second-order valence-corrected chi connectivity index (χ2v) is 14.0. The number of fused-ring (bicyclic) bond motifs is 7. The van der Waals surface area contributed by atoms with E-state index in [-0.39, 0.29) is 5.41 Å². The lowest BCUT2D eigenvalue weighted by atomic mass is 9.81. The number of rotatable bonds is 4. The van der Waals surface area contributed by atoms with Crippen LogP contribution < -0.4 is 0 Å². The van der Waals surface area contributed by atoms with E-state index in [9.17, 15) is 0 Å². The van der Waals surface area contributed by atoms with Crippen LogP contribution in [-0.2, 0) is 5.41 Å². The molecule has 0 amide bonds. The van der Waals surface area contributed by atoms with E-state index in [2.05, 4.69) is 159 Å². The summed E-state index contributed by atoms with van der Waals surface area (Å²) in [5.41, 5.74) is 13.5. The van der Waals surface area contributed by atoms with Gasteiger partial charge in [-0.2, -0.15) is 0 Å². The molecule has 9 aromatic rings. The predicted molar refractivity (Wildman–Crippen MR) is 212 cm³/mol. The molecule has 0 saturated heterocycles. The van der Waals surface area contributed by atoms with Crippen LogP contribution in [0.5, 0.6) is 0 Å². The predicted octanol–water partition coefficient (Wildman–Crippen LogP) is 12.3. The van der Waals surface area contributed by atoms with Crippen molar-refractivity contribution in [3.63, 3.8) is 0 Å². The molecule has 1 aliphatic rings. The minimum absolute atomic E-state index is 0.0719. The summed E-state index contributed by atoms with van der Waals surface area (Å²) in [7, 11) is 0. The molecule has 0 bridgehead atoms. The minimum Gasteiger partial charge on any atom is -0.256 e. The van der Waals surface area contributed by atoms with Crippen molar-refractivity contribution in [1.29, 1.82) is 0 Å². The number of hydrogen-bond donors (Lipinski definition) is 0. The lowest BCUT2D eigenvalue weighted by Crippen LogP contribution is -2.14. The Morgan fingerprint density at radius 3 is 1.98 bits per heavy atom. The van der Waals surface area contributed by atoms with Gasteiger partial charge in [0, 0.05) is 33.7 Å². The summed E-state index contributed by atoms with van der Waals surface area (Å²) >= 11 is 0. The van der Waals surface area contributed by atoms with Crippen molar-refractivity contribution in [3.8, 4) is 56.2 Å². The summed E-state index contributed by atoms with van der Waals surface area (Å²) in [6, 6.07) is 56.3. The third-order valence-electron chi connectivity index (χ3n) is 10.7. The number of hydrogen-bond acceptors (Lipinski definition) is 3. The van der Waals surface area contributed by atoms with Crippen molar-refractivity contribution < 1.29 is 0 Å². The van der Waals surface area contributed by atoms with Crippen LogP contribution in [-0.4, -0.2) is 15.0 Å². The SMILES string of the molecule is CC1(C)c2ccc(-c3ccc(-c4nc(-c5ccccc5)cc(-c5cccc6cccnc56)n4)c4ccccc34)cc2-c2c1ccc1ccccc21. The van der Waals surface area contributed by atoms with Gasteiger partial charge in [0.2, 0.25) is 0 Å². The largest absolute Gasteiger partial charge is 0.256 e. The van der Waals surface area contributed by atoms with Crippen LogP contribution >= 0.6 is 0 Å². The summed E-state index contributed by atoms with van der Waals surface area (Å²) in [6.07, 6.45) is 1.85. The lowest BCUT2D eigenvalue weighted by Gasteiger charge is -2.21. The molecule has 0 spiro atoms. The van der Waals surface area contributed by atoms with E-state index >= 15 is 0 Å². The Balaban J connectivity index is 1.17. The van der Waals surface area contributed by atoms with Gasteiger partial charge in [0.05, 0.1) is 16.9 Å². The summed E-state index contributed by atoms with van der Waals surface area (Å²) in [4.78, 5) is 15.2. The second-order valence-electron chi connectivity index (χ2n) is 14.0. The molecule has 0 atom stereocenters. The van der Waals surface area contributed by atoms with Crippen LogP contribution in [0.15, 0.2) is 164 Å². The number of aromatic nitrogens is 3. The van der Waals surface area contributed by atoms with Gasteiger partial charge >= 0.3 is 0 Å². The van der Waals surface area contributed by atoms with Crippen LogP contribution in [0.1, 0.15) is 25.0 Å². The number of nitrogens with zero attached hydrogens (tertiary/aromatic N) is 3. The first-order valence-corrected chi connectivity index (χ1v) is 17.5. The molecule has 0 unspecified atom stereocenters. The van der Waals surface area contributed by atoms with E-state index in [0.29, 0.717) is 5.82 Å². The molecule has 0 fully saturated rings. The maximum atomic E-state index is 5.27. The van der Waals surface area contributed by atoms with Gasteiger partial charge in [0.15, 0.2) is 5.82 Å². The third-order valence-corrected chi connectivity index (χ3v) is 10.7. The van der Waals surface area contributed by atoms with E-state index in [1.54, 1.807) is 0 Å². The van der Waals surface area contributed by atoms with E-state index in [4.69, 9.17) is 15.0 Å².